The van der Waals surface area contributed by atoms with E-state index in [1.165, 1.54) is 31.8 Å². The number of thioether (sulfide) groups is 1. The highest BCUT2D eigenvalue weighted by Crippen LogP contribution is 2.27. The molecule has 1 fully saturated rings. The molecular formula is C21H19NO6S. The number of aromatic carboxylic acids is 1. The predicted octanol–water partition coefficient (Wildman–Crippen LogP) is 3.81. The number of anilines is 1. The van der Waals surface area contributed by atoms with E-state index in [1.54, 1.807) is 36.4 Å². The molecule has 0 amide bonds. The molecule has 29 heavy (non-hydrogen) atoms. The molecule has 1 saturated heterocycles. The van der Waals surface area contributed by atoms with Crippen LogP contribution in [-0.4, -0.2) is 28.8 Å². The van der Waals surface area contributed by atoms with Gasteiger partial charge >= 0.3 is 17.9 Å². The highest BCUT2D eigenvalue weighted by molar-refractivity contribution is 7.98. The summed E-state index contributed by atoms with van der Waals surface area (Å²) in [5.74, 6) is -3.12. The SMILES string of the molecule is CC1(C)OC(=O)C(=CNc2ccc(CSc3ccccc3C(=O)O)cc2)C(=O)O1. The van der Waals surface area contributed by atoms with Crippen LogP contribution in [0.1, 0.15) is 29.8 Å². The second-order valence-electron chi connectivity index (χ2n) is 6.67. The van der Waals surface area contributed by atoms with Crippen LogP contribution in [0.25, 0.3) is 0 Å². The topological polar surface area (TPSA) is 102 Å². The molecule has 0 unspecified atom stereocenters. The third kappa shape index (κ3) is 5.17. The van der Waals surface area contributed by atoms with Gasteiger partial charge < -0.3 is 19.9 Å². The van der Waals surface area contributed by atoms with Crippen molar-refractivity contribution in [2.24, 2.45) is 0 Å². The molecule has 3 rings (SSSR count). The van der Waals surface area contributed by atoms with Crippen LogP contribution in [0.5, 0.6) is 0 Å². The largest absolute Gasteiger partial charge is 0.478 e. The lowest BCUT2D eigenvalue weighted by atomic mass is 10.2. The van der Waals surface area contributed by atoms with Gasteiger partial charge in [0.2, 0.25) is 0 Å². The van der Waals surface area contributed by atoms with E-state index in [0.717, 1.165) is 5.56 Å². The van der Waals surface area contributed by atoms with E-state index in [1.807, 2.05) is 12.1 Å². The second kappa shape index (κ2) is 8.40. The minimum atomic E-state index is -1.27. The zero-order valence-electron chi connectivity index (χ0n) is 15.8. The summed E-state index contributed by atoms with van der Waals surface area (Å²) < 4.78 is 10.1. The quantitative estimate of drug-likeness (QED) is 0.319. The first kappa shape index (κ1) is 20.5. The van der Waals surface area contributed by atoms with Gasteiger partial charge in [-0.2, -0.15) is 0 Å². The van der Waals surface area contributed by atoms with Crippen molar-refractivity contribution in [3.63, 3.8) is 0 Å². The molecule has 0 spiro atoms. The standard InChI is InChI=1S/C21H19NO6S/c1-21(2)27-19(25)16(20(26)28-21)11-22-14-9-7-13(8-10-14)12-29-17-6-4-3-5-15(17)18(23)24/h3-11,22H,12H2,1-2H3,(H,23,24). The number of carbonyl (C=O) groups excluding carboxylic acids is 2. The summed E-state index contributed by atoms with van der Waals surface area (Å²) in [7, 11) is 0. The number of carbonyl (C=O) groups is 3. The fourth-order valence-electron chi connectivity index (χ4n) is 2.56. The maximum Gasteiger partial charge on any atom is 0.350 e. The van der Waals surface area contributed by atoms with Gasteiger partial charge in [0.25, 0.3) is 5.79 Å². The second-order valence-corrected chi connectivity index (χ2v) is 7.69. The molecule has 8 heteroatoms. The van der Waals surface area contributed by atoms with Crippen LogP contribution < -0.4 is 5.32 Å². The summed E-state index contributed by atoms with van der Waals surface area (Å²) in [6, 6.07) is 14.2. The van der Waals surface area contributed by atoms with Gasteiger partial charge in [0.1, 0.15) is 0 Å². The Kier molecular flexibility index (Phi) is 5.93. The molecule has 0 aliphatic carbocycles. The Hall–Kier alpha value is -3.26. The highest BCUT2D eigenvalue weighted by atomic mass is 32.2. The van der Waals surface area contributed by atoms with Crippen molar-refractivity contribution in [1.29, 1.82) is 0 Å². The molecule has 0 saturated carbocycles. The van der Waals surface area contributed by atoms with E-state index in [4.69, 9.17) is 9.47 Å². The van der Waals surface area contributed by atoms with Crippen molar-refractivity contribution in [1.82, 2.24) is 0 Å². The van der Waals surface area contributed by atoms with E-state index in [0.29, 0.717) is 16.3 Å². The minimum Gasteiger partial charge on any atom is -0.478 e. The lowest BCUT2D eigenvalue weighted by Crippen LogP contribution is -2.42. The van der Waals surface area contributed by atoms with Crippen LogP contribution in [0.3, 0.4) is 0 Å². The third-order valence-corrected chi connectivity index (χ3v) is 5.11. The van der Waals surface area contributed by atoms with Gasteiger partial charge in [-0.1, -0.05) is 24.3 Å². The molecule has 1 aliphatic heterocycles. The summed E-state index contributed by atoms with van der Waals surface area (Å²) in [5.41, 5.74) is 1.72. The molecule has 2 N–H and O–H groups in total. The van der Waals surface area contributed by atoms with Crippen molar-refractivity contribution >= 4 is 35.4 Å². The number of cyclic esters (lactones) is 2. The van der Waals surface area contributed by atoms with Crippen LogP contribution in [0.15, 0.2) is 65.2 Å². The first-order valence-electron chi connectivity index (χ1n) is 8.72. The Morgan fingerprint density at radius 2 is 1.69 bits per heavy atom. The zero-order chi connectivity index (χ0) is 21.0. The molecule has 2 aromatic carbocycles. The Labute approximate surface area is 171 Å². The maximum atomic E-state index is 11.9. The van der Waals surface area contributed by atoms with Gasteiger partial charge in [0.15, 0.2) is 5.57 Å². The van der Waals surface area contributed by atoms with Gasteiger partial charge in [-0.15, -0.1) is 11.8 Å². The van der Waals surface area contributed by atoms with Crippen LogP contribution in [0.4, 0.5) is 5.69 Å². The number of hydrogen-bond acceptors (Lipinski definition) is 7. The highest BCUT2D eigenvalue weighted by Gasteiger charge is 2.38. The monoisotopic (exact) mass is 413 g/mol. The number of carboxylic acid groups (broad SMARTS) is 1. The van der Waals surface area contributed by atoms with Gasteiger partial charge in [-0.05, 0) is 29.8 Å². The number of hydrogen-bond donors (Lipinski definition) is 2. The molecule has 0 bridgehead atoms. The Morgan fingerprint density at radius 3 is 2.31 bits per heavy atom. The van der Waals surface area contributed by atoms with E-state index >= 15 is 0 Å². The number of ether oxygens (including phenoxy) is 2. The number of nitrogens with one attached hydrogen (secondary N) is 1. The summed E-state index contributed by atoms with van der Waals surface area (Å²) in [4.78, 5) is 35.8. The lowest BCUT2D eigenvalue weighted by molar-refractivity contribution is -0.222. The van der Waals surface area contributed by atoms with E-state index < -0.39 is 23.7 Å². The molecular weight excluding hydrogens is 394 g/mol. The molecule has 0 radical (unpaired) electrons. The number of rotatable bonds is 6. The fourth-order valence-corrected chi connectivity index (χ4v) is 3.56. The van der Waals surface area contributed by atoms with Crippen LogP contribution in [-0.2, 0) is 24.8 Å². The lowest BCUT2D eigenvalue weighted by Gasteiger charge is -2.29. The number of benzene rings is 2. The van der Waals surface area contributed by atoms with Crippen molar-refractivity contribution in [2.45, 2.75) is 30.3 Å². The molecule has 7 nitrogen and oxygen atoms in total. The Morgan fingerprint density at radius 1 is 1.07 bits per heavy atom. The van der Waals surface area contributed by atoms with Crippen molar-refractivity contribution in [2.75, 3.05) is 5.32 Å². The third-order valence-electron chi connectivity index (χ3n) is 3.97. The van der Waals surface area contributed by atoms with E-state index in [9.17, 15) is 19.5 Å². The number of carboxylic acids is 1. The normalized spacial score (nSPS) is 15.3. The van der Waals surface area contributed by atoms with Crippen LogP contribution in [0, 0.1) is 0 Å². The molecule has 0 aromatic heterocycles. The minimum absolute atomic E-state index is 0.214. The van der Waals surface area contributed by atoms with Gasteiger partial charge in [0, 0.05) is 36.4 Å². The smallest absolute Gasteiger partial charge is 0.350 e. The zero-order valence-corrected chi connectivity index (χ0v) is 16.6. The predicted molar refractivity (Wildman–Crippen MR) is 107 cm³/mol. The average Bonchev–Trinajstić information content (AvgIpc) is 2.66. The summed E-state index contributed by atoms with van der Waals surface area (Å²) >= 11 is 1.44. The molecule has 2 aromatic rings. The van der Waals surface area contributed by atoms with Gasteiger partial charge in [-0.3, -0.25) is 0 Å². The van der Waals surface area contributed by atoms with Crippen molar-refractivity contribution in [3.05, 3.63) is 71.4 Å². The van der Waals surface area contributed by atoms with E-state index in [2.05, 4.69) is 5.32 Å². The van der Waals surface area contributed by atoms with E-state index in [-0.39, 0.29) is 11.1 Å². The molecule has 150 valence electrons. The Bertz CT molecular complexity index is 959. The average molecular weight is 413 g/mol. The van der Waals surface area contributed by atoms with Crippen molar-refractivity contribution < 1.29 is 29.0 Å². The van der Waals surface area contributed by atoms with Crippen LogP contribution >= 0.6 is 11.8 Å². The molecule has 1 aliphatic rings. The summed E-state index contributed by atoms with van der Waals surface area (Å²) in [6.07, 6.45) is 1.26. The Balaban J connectivity index is 1.62. The molecule has 0 atom stereocenters. The molecule has 1 heterocycles. The van der Waals surface area contributed by atoms with Crippen molar-refractivity contribution in [3.8, 4) is 0 Å². The number of esters is 2. The first-order valence-corrected chi connectivity index (χ1v) is 9.71. The summed E-state index contributed by atoms with van der Waals surface area (Å²) in [6.45, 7) is 2.97. The fraction of sp³-hybridized carbons (Fsp3) is 0.190. The van der Waals surface area contributed by atoms with Gasteiger partial charge in [0.05, 0.1) is 5.56 Å². The van der Waals surface area contributed by atoms with Gasteiger partial charge in [-0.25, -0.2) is 14.4 Å². The summed E-state index contributed by atoms with van der Waals surface area (Å²) in [5, 5.41) is 12.1. The van der Waals surface area contributed by atoms with Crippen LogP contribution in [0.2, 0.25) is 0 Å². The maximum absolute atomic E-state index is 11.9. The first-order chi connectivity index (χ1) is 13.7.